The normalized spacial score (nSPS) is 18.2. The molecule has 180 valence electrons. The molecule has 2 atom stereocenters. The summed E-state index contributed by atoms with van der Waals surface area (Å²) in [5.74, 6) is 0.985. The molecular weight excluding hydrogens is 480 g/mol. The van der Waals surface area contributed by atoms with E-state index in [0.29, 0.717) is 35.0 Å². The number of nitrogens with one attached hydrogen (secondary N) is 1. The second kappa shape index (κ2) is 10.2. The van der Waals surface area contributed by atoms with Crippen LogP contribution in [0.2, 0.25) is 5.02 Å². The maximum atomic E-state index is 13.3. The highest BCUT2D eigenvalue weighted by Crippen LogP contribution is 2.30. The molecule has 34 heavy (non-hydrogen) atoms. The molecular formula is C23H25ClN4O5S. The van der Waals surface area contributed by atoms with Gasteiger partial charge in [0.15, 0.2) is 5.76 Å². The Morgan fingerprint density at radius 3 is 2.91 bits per heavy atom. The molecule has 1 aliphatic rings. The Balaban J connectivity index is 1.46. The van der Waals surface area contributed by atoms with Crippen LogP contribution in [-0.4, -0.2) is 36.8 Å². The molecule has 0 spiro atoms. The predicted molar refractivity (Wildman–Crippen MR) is 127 cm³/mol. The molecule has 0 radical (unpaired) electrons. The van der Waals surface area contributed by atoms with Crippen LogP contribution in [0.5, 0.6) is 0 Å². The van der Waals surface area contributed by atoms with Gasteiger partial charge in [-0.15, -0.1) is 0 Å². The second-order valence-electron chi connectivity index (χ2n) is 8.41. The van der Waals surface area contributed by atoms with Crippen LogP contribution < -0.4 is 10.5 Å². The molecule has 1 fully saturated rings. The number of aromatic nitrogens is 2. The van der Waals surface area contributed by atoms with Gasteiger partial charge >= 0.3 is 10.3 Å². The van der Waals surface area contributed by atoms with Crippen molar-refractivity contribution >= 4 is 33.5 Å². The molecule has 4 rings (SSSR count). The van der Waals surface area contributed by atoms with Crippen molar-refractivity contribution < 1.29 is 21.8 Å². The second-order valence-corrected chi connectivity index (χ2v) is 10.1. The lowest BCUT2D eigenvalue weighted by Gasteiger charge is -2.15. The van der Waals surface area contributed by atoms with Gasteiger partial charge in [-0.1, -0.05) is 23.7 Å². The molecule has 0 aliphatic heterocycles. The number of hydrogen-bond donors (Lipinski definition) is 2. The lowest BCUT2D eigenvalue weighted by molar-refractivity contribution is 0.101. The van der Waals surface area contributed by atoms with Gasteiger partial charge in [0.2, 0.25) is 5.78 Å². The minimum Gasteiger partial charge on any atom is -0.458 e. The van der Waals surface area contributed by atoms with E-state index in [2.05, 4.69) is 15.3 Å². The summed E-state index contributed by atoms with van der Waals surface area (Å²) in [6.45, 7) is 1.85. The van der Waals surface area contributed by atoms with Gasteiger partial charge in [0.25, 0.3) is 0 Å². The van der Waals surface area contributed by atoms with Crippen LogP contribution in [-0.2, 0) is 20.9 Å². The van der Waals surface area contributed by atoms with Crippen LogP contribution >= 0.6 is 11.6 Å². The summed E-state index contributed by atoms with van der Waals surface area (Å²) in [4.78, 5) is 21.5. The summed E-state index contributed by atoms with van der Waals surface area (Å²) in [6.07, 6.45) is 5.63. The van der Waals surface area contributed by atoms with E-state index in [1.54, 1.807) is 6.07 Å². The average Bonchev–Trinajstić information content (AvgIpc) is 3.38. The van der Waals surface area contributed by atoms with E-state index in [1.807, 2.05) is 31.2 Å². The van der Waals surface area contributed by atoms with Crippen molar-refractivity contribution in [2.45, 2.75) is 38.6 Å². The fraction of sp³-hybridized carbons (Fsp3) is 0.348. The first kappa shape index (κ1) is 24.3. The number of ketones is 1. The largest absolute Gasteiger partial charge is 0.458 e. The quantitative estimate of drug-likeness (QED) is 0.421. The van der Waals surface area contributed by atoms with Crippen molar-refractivity contribution in [1.29, 1.82) is 0 Å². The number of nitrogens with zero attached hydrogens (tertiary/aromatic N) is 2. The first-order chi connectivity index (χ1) is 16.2. The van der Waals surface area contributed by atoms with Gasteiger partial charge in [-0.05, 0) is 61.4 Å². The Hall–Kier alpha value is -2.79. The van der Waals surface area contributed by atoms with E-state index in [1.165, 1.54) is 12.5 Å². The smallest absolute Gasteiger partial charge is 0.333 e. The molecule has 0 amide bonds. The van der Waals surface area contributed by atoms with E-state index in [4.69, 9.17) is 25.3 Å². The van der Waals surface area contributed by atoms with Crippen molar-refractivity contribution in [2.24, 2.45) is 11.1 Å². The topological polar surface area (TPSA) is 137 Å². The minimum atomic E-state index is -3.96. The zero-order valence-electron chi connectivity index (χ0n) is 18.5. The summed E-state index contributed by atoms with van der Waals surface area (Å²) in [5.41, 5.74) is 2.21. The van der Waals surface area contributed by atoms with Gasteiger partial charge in [0.05, 0.1) is 12.2 Å². The highest BCUT2D eigenvalue weighted by Gasteiger charge is 2.28. The molecule has 0 unspecified atom stereocenters. The monoisotopic (exact) mass is 504 g/mol. The third-order valence-corrected chi connectivity index (χ3v) is 6.53. The summed E-state index contributed by atoms with van der Waals surface area (Å²) >= 11 is 6.08. The third-order valence-electron chi connectivity index (χ3n) is 5.83. The summed E-state index contributed by atoms with van der Waals surface area (Å²) in [6, 6.07) is 9.29. The van der Waals surface area contributed by atoms with E-state index < -0.39 is 10.3 Å². The Kier molecular flexibility index (Phi) is 7.32. The molecule has 2 aromatic heterocycles. The lowest BCUT2D eigenvalue weighted by atomic mass is 10.0. The van der Waals surface area contributed by atoms with Crippen molar-refractivity contribution in [3.8, 4) is 0 Å². The van der Waals surface area contributed by atoms with E-state index >= 15 is 0 Å². The maximum Gasteiger partial charge on any atom is 0.333 e. The van der Waals surface area contributed by atoms with Crippen LogP contribution in [0.3, 0.4) is 0 Å². The molecule has 11 heteroatoms. The molecule has 9 nitrogen and oxygen atoms in total. The van der Waals surface area contributed by atoms with E-state index in [0.717, 1.165) is 24.0 Å². The zero-order chi connectivity index (χ0) is 24.3. The van der Waals surface area contributed by atoms with E-state index in [-0.39, 0.29) is 30.1 Å². The van der Waals surface area contributed by atoms with Crippen molar-refractivity contribution in [2.75, 3.05) is 11.9 Å². The number of halogens is 1. The Morgan fingerprint density at radius 2 is 2.15 bits per heavy atom. The molecule has 1 aliphatic carbocycles. The van der Waals surface area contributed by atoms with Gasteiger partial charge in [-0.2, -0.15) is 8.42 Å². The van der Waals surface area contributed by atoms with Gasteiger partial charge < -0.3 is 9.73 Å². The molecule has 0 bridgehead atoms. The summed E-state index contributed by atoms with van der Waals surface area (Å²) < 4.78 is 32.6. The summed E-state index contributed by atoms with van der Waals surface area (Å²) in [7, 11) is -3.96. The number of rotatable bonds is 9. The molecule has 3 aromatic rings. The summed E-state index contributed by atoms with van der Waals surface area (Å²) in [5, 5.41) is 8.85. The number of carbonyl (C=O) groups excluding carboxylic acids is 1. The number of benzene rings is 1. The third kappa shape index (κ3) is 6.20. The maximum absolute atomic E-state index is 13.3. The fourth-order valence-corrected chi connectivity index (χ4v) is 4.75. The highest BCUT2D eigenvalue weighted by molar-refractivity contribution is 7.84. The number of aryl methyl sites for hydroxylation is 1. The Labute approximate surface area is 202 Å². The van der Waals surface area contributed by atoms with Crippen molar-refractivity contribution in [3.05, 3.63) is 76.1 Å². The lowest BCUT2D eigenvalue weighted by Crippen LogP contribution is -2.22. The zero-order valence-corrected chi connectivity index (χ0v) is 20.1. The first-order valence-electron chi connectivity index (χ1n) is 10.8. The standard InChI is InChI=1S/C23H25ClN4O5S/c1-14-17(7-15-3-2-4-18(24)8-15)10-21(33-14)22(29)20-11-26-13-27-23(20)28-19-6-5-16(9-19)12-32-34(25,30)31/h2-4,8,10-11,13,16,19H,5-7,9,12H2,1H3,(H2,25,30,31)(H,26,27,28)/t16-,19+/m1/s1. The number of hydrogen-bond acceptors (Lipinski definition) is 8. The molecule has 1 saturated carbocycles. The molecule has 0 saturated heterocycles. The number of carbonyl (C=O) groups is 1. The molecule has 2 heterocycles. The van der Waals surface area contributed by atoms with Crippen LogP contribution in [0.4, 0.5) is 5.82 Å². The highest BCUT2D eigenvalue weighted by atomic mass is 35.5. The molecule has 3 N–H and O–H groups in total. The molecule has 1 aromatic carbocycles. The minimum absolute atomic E-state index is 0.00672. The SMILES string of the molecule is Cc1oc(C(=O)c2cncnc2N[C@H]2CC[C@@H](COS(N)(=O)=O)C2)cc1Cc1cccc(Cl)c1. The van der Waals surface area contributed by atoms with Crippen molar-refractivity contribution in [3.63, 3.8) is 0 Å². The van der Waals surface area contributed by atoms with Crippen LogP contribution in [0.1, 0.15) is 52.3 Å². The van der Waals surface area contributed by atoms with Crippen LogP contribution in [0.25, 0.3) is 0 Å². The number of furan rings is 1. The number of nitrogens with two attached hydrogens (primary N) is 1. The van der Waals surface area contributed by atoms with Gasteiger partial charge in [-0.25, -0.2) is 15.1 Å². The van der Waals surface area contributed by atoms with Crippen LogP contribution in [0, 0.1) is 12.8 Å². The fourth-order valence-electron chi connectivity index (χ4n) is 4.16. The average molecular weight is 505 g/mol. The van der Waals surface area contributed by atoms with Gasteiger partial charge in [0.1, 0.15) is 17.9 Å². The van der Waals surface area contributed by atoms with Gasteiger partial charge in [0, 0.05) is 23.7 Å². The van der Waals surface area contributed by atoms with Crippen molar-refractivity contribution in [1.82, 2.24) is 9.97 Å². The Morgan fingerprint density at radius 1 is 1.32 bits per heavy atom. The van der Waals surface area contributed by atoms with Crippen LogP contribution in [0.15, 0.2) is 47.3 Å². The number of anilines is 1. The Bertz CT molecular complexity index is 1290. The van der Waals surface area contributed by atoms with E-state index in [9.17, 15) is 13.2 Å². The van der Waals surface area contributed by atoms with Gasteiger partial charge in [-0.3, -0.25) is 8.98 Å². The first-order valence-corrected chi connectivity index (χ1v) is 12.6. The predicted octanol–water partition coefficient (Wildman–Crippen LogP) is 3.65.